The summed E-state index contributed by atoms with van der Waals surface area (Å²) in [5, 5.41) is 14.4. The van der Waals surface area contributed by atoms with Crippen molar-refractivity contribution < 1.29 is 24.2 Å². The lowest BCUT2D eigenvalue weighted by molar-refractivity contribution is -0.138. The zero-order valence-electron chi connectivity index (χ0n) is 18.0. The number of carbonyl (C=O) groups is 3. The molecule has 7 heteroatoms. The monoisotopic (exact) mass is 436 g/mol. The van der Waals surface area contributed by atoms with Crippen LogP contribution in [0.5, 0.6) is 0 Å². The standard InChI is InChI=1S/C25H28N2O5/c1-15(12-22(28)29)13-26-24(30)23(16-10-11-16)27-25(31)32-14-21-19-8-4-2-6-17(19)18-7-3-5-9-20(18)21/h2-9,15-16,21,23H,10-14H2,1H3,(H,26,30)(H,27,31)(H,28,29). The average molecular weight is 437 g/mol. The zero-order chi connectivity index (χ0) is 22.7. The summed E-state index contributed by atoms with van der Waals surface area (Å²) in [4.78, 5) is 36.0. The second-order valence-corrected chi connectivity index (χ2v) is 8.73. The molecule has 0 saturated heterocycles. The number of aliphatic carboxylic acids is 1. The van der Waals surface area contributed by atoms with Crippen molar-refractivity contribution in [1.82, 2.24) is 10.6 Å². The van der Waals surface area contributed by atoms with E-state index in [-0.39, 0.29) is 43.2 Å². The third-order valence-corrected chi connectivity index (χ3v) is 6.14. The van der Waals surface area contributed by atoms with Crippen molar-refractivity contribution in [3.63, 3.8) is 0 Å². The maximum Gasteiger partial charge on any atom is 0.407 e. The van der Waals surface area contributed by atoms with Crippen LogP contribution in [0.3, 0.4) is 0 Å². The molecule has 2 aliphatic carbocycles. The van der Waals surface area contributed by atoms with E-state index in [1.54, 1.807) is 6.92 Å². The van der Waals surface area contributed by atoms with Gasteiger partial charge < -0.3 is 20.5 Å². The number of alkyl carbamates (subject to hydrolysis) is 1. The molecule has 1 fully saturated rings. The predicted octanol–water partition coefficient (Wildman–Crippen LogP) is 3.53. The highest BCUT2D eigenvalue weighted by Gasteiger charge is 2.38. The van der Waals surface area contributed by atoms with Crippen molar-refractivity contribution in [2.24, 2.45) is 11.8 Å². The Morgan fingerprint density at radius 1 is 1.03 bits per heavy atom. The molecule has 2 aliphatic rings. The minimum absolute atomic E-state index is 0.0197. The van der Waals surface area contributed by atoms with E-state index in [1.165, 1.54) is 0 Å². The van der Waals surface area contributed by atoms with Crippen LogP contribution in [-0.2, 0) is 14.3 Å². The molecule has 2 atom stereocenters. The molecule has 2 aromatic rings. The first-order chi connectivity index (χ1) is 15.4. The number of carbonyl (C=O) groups excluding carboxylic acids is 2. The molecule has 2 unspecified atom stereocenters. The van der Waals surface area contributed by atoms with Crippen LogP contribution in [-0.4, -0.2) is 42.3 Å². The Hall–Kier alpha value is -3.35. The molecule has 0 heterocycles. The van der Waals surface area contributed by atoms with Crippen molar-refractivity contribution >= 4 is 18.0 Å². The molecule has 0 radical (unpaired) electrons. The van der Waals surface area contributed by atoms with E-state index in [4.69, 9.17) is 9.84 Å². The van der Waals surface area contributed by atoms with Crippen molar-refractivity contribution in [3.05, 3.63) is 59.7 Å². The summed E-state index contributed by atoms with van der Waals surface area (Å²) in [5.41, 5.74) is 4.57. The smallest absolute Gasteiger partial charge is 0.407 e. The first-order valence-electron chi connectivity index (χ1n) is 11.0. The molecule has 7 nitrogen and oxygen atoms in total. The molecule has 2 aromatic carbocycles. The number of rotatable bonds is 9. The van der Waals surface area contributed by atoms with Crippen LogP contribution < -0.4 is 10.6 Å². The van der Waals surface area contributed by atoms with Crippen LogP contribution in [0.1, 0.15) is 43.2 Å². The Morgan fingerprint density at radius 3 is 2.19 bits per heavy atom. The molecule has 2 amide bonds. The Balaban J connectivity index is 1.35. The molecule has 32 heavy (non-hydrogen) atoms. The van der Waals surface area contributed by atoms with Crippen molar-refractivity contribution in [2.75, 3.05) is 13.2 Å². The van der Waals surface area contributed by atoms with Gasteiger partial charge in [-0.05, 0) is 46.9 Å². The highest BCUT2D eigenvalue weighted by molar-refractivity contribution is 5.86. The number of fused-ring (bicyclic) bond motifs is 3. The van der Waals surface area contributed by atoms with E-state index >= 15 is 0 Å². The Labute approximate surface area is 187 Å². The Kier molecular flexibility index (Phi) is 6.44. The van der Waals surface area contributed by atoms with E-state index in [1.807, 2.05) is 24.3 Å². The molecular weight excluding hydrogens is 408 g/mol. The molecule has 4 rings (SSSR count). The van der Waals surface area contributed by atoms with Gasteiger partial charge in [0.1, 0.15) is 12.6 Å². The van der Waals surface area contributed by atoms with E-state index in [0.29, 0.717) is 0 Å². The van der Waals surface area contributed by atoms with Crippen LogP contribution in [0.4, 0.5) is 4.79 Å². The lowest BCUT2D eigenvalue weighted by Gasteiger charge is -2.20. The number of hydrogen-bond donors (Lipinski definition) is 3. The van der Waals surface area contributed by atoms with Gasteiger partial charge in [0.2, 0.25) is 5.91 Å². The highest BCUT2D eigenvalue weighted by Crippen LogP contribution is 2.44. The maximum atomic E-state index is 12.6. The predicted molar refractivity (Wildman–Crippen MR) is 119 cm³/mol. The molecule has 3 N–H and O–H groups in total. The molecule has 168 valence electrons. The summed E-state index contributed by atoms with van der Waals surface area (Å²) in [6.45, 7) is 2.20. The number of amides is 2. The van der Waals surface area contributed by atoms with Crippen molar-refractivity contribution in [1.29, 1.82) is 0 Å². The van der Waals surface area contributed by atoms with Gasteiger partial charge in [0.25, 0.3) is 0 Å². The van der Waals surface area contributed by atoms with Gasteiger partial charge in [-0.1, -0.05) is 55.5 Å². The van der Waals surface area contributed by atoms with Gasteiger partial charge in [0.05, 0.1) is 0 Å². The normalized spacial score (nSPS) is 16.4. The van der Waals surface area contributed by atoms with Gasteiger partial charge in [-0.3, -0.25) is 9.59 Å². The molecular formula is C25H28N2O5. The van der Waals surface area contributed by atoms with Gasteiger partial charge in [0.15, 0.2) is 0 Å². The number of ether oxygens (including phenoxy) is 1. The zero-order valence-corrected chi connectivity index (χ0v) is 18.0. The fourth-order valence-electron chi connectivity index (χ4n) is 4.35. The molecule has 0 bridgehead atoms. The van der Waals surface area contributed by atoms with Crippen LogP contribution in [0.2, 0.25) is 0 Å². The second kappa shape index (κ2) is 9.42. The summed E-state index contributed by atoms with van der Waals surface area (Å²) in [7, 11) is 0. The first kappa shape index (κ1) is 21.9. The van der Waals surface area contributed by atoms with Crippen LogP contribution in [0.25, 0.3) is 11.1 Å². The topological polar surface area (TPSA) is 105 Å². The van der Waals surface area contributed by atoms with Crippen LogP contribution in [0.15, 0.2) is 48.5 Å². The fourth-order valence-corrected chi connectivity index (χ4v) is 4.35. The number of benzene rings is 2. The largest absolute Gasteiger partial charge is 0.481 e. The minimum Gasteiger partial charge on any atom is -0.481 e. The second-order valence-electron chi connectivity index (χ2n) is 8.73. The van der Waals surface area contributed by atoms with Crippen LogP contribution >= 0.6 is 0 Å². The number of carboxylic acids is 1. The summed E-state index contributed by atoms with van der Waals surface area (Å²) in [6, 6.07) is 15.6. The Morgan fingerprint density at radius 2 is 1.62 bits per heavy atom. The Bertz CT molecular complexity index is 971. The molecule has 0 aliphatic heterocycles. The first-order valence-corrected chi connectivity index (χ1v) is 11.0. The third-order valence-electron chi connectivity index (χ3n) is 6.14. The maximum absolute atomic E-state index is 12.6. The van der Waals surface area contributed by atoms with E-state index in [9.17, 15) is 14.4 Å². The van der Waals surface area contributed by atoms with Crippen LogP contribution in [0, 0.1) is 11.8 Å². The summed E-state index contributed by atoms with van der Waals surface area (Å²) >= 11 is 0. The summed E-state index contributed by atoms with van der Waals surface area (Å²) in [5.74, 6) is -1.34. The van der Waals surface area contributed by atoms with E-state index in [0.717, 1.165) is 35.1 Å². The average Bonchev–Trinajstić information content (AvgIpc) is 3.56. The van der Waals surface area contributed by atoms with Gasteiger partial charge in [0, 0.05) is 18.9 Å². The van der Waals surface area contributed by atoms with E-state index < -0.39 is 18.1 Å². The third kappa shape index (κ3) is 4.93. The molecule has 0 spiro atoms. The van der Waals surface area contributed by atoms with Gasteiger partial charge in [-0.15, -0.1) is 0 Å². The fraction of sp³-hybridized carbons (Fsp3) is 0.400. The number of carboxylic acid groups (broad SMARTS) is 1. The van der Waals surface area contributed by atoms with E-state index in [2.05, 4.69) is 34.9 Å². The van der Waals surface area contributed by atoms with Crippen molar-refractivity contribution in [3.8, 4) is 11.1 Å². The van der Waals surface area contributed by atoms with Gasteiger partial charge in [-0.25, -0.2) is 4.79 Å². The highest BCUT2D eigenvalue weighted by atomic mass is 16.5. The quantitative estimate of drug-likeness (QED) is 0.558. The number of nitrogens with one attached hydrogen (secondary N) is 2. The lowest BCUT2D eigenvalue weighted by Crippen LogP contribution is -2.49. The summed E-state index contributed by atoms with van der Waals surface area (Å²) < 4.78 is 5.57. The SMILES string of the molecule is CC(CNC(=O)C(NC(=O)OCC1c2ccccc2-c2ccccc21)C1CC1)CC(=O)O. The molecule has 0 aromatic heterocycles. The summed E-state index contributed by atoms with van der Waals surface area (Å²) in [6.07, 6.45) is 1.10. The van der Waals surface area contributed by atoms with Crippen molar-refractivity contribution in [2.45, 2.75) is 38.1 Å². The molecule has 1 saturated carbocycles. The van der Waals surface area contributed by atoms with Gasteiger partial charge in [-0.2, -0.15) is 0 Å². The number of hydrogen-bond acceptors (Lipinski definition) is 4. The van der Waals surface area contributed by atoms with Gasteiger partial charge >= 0.3 is 12.1 Å². The minimum atomic E-state index is -0.901. The lowest BCUT2D eigenvalue weighted by atomic mass is 9.98.